The van der Waals surface area contributed by atoms with Crippen molar-refractivity contribution in [3.05, 3.63) is 65.7 Å². The number of piperazine rings is 1. The van der Waals surface area contributed by atoms with Crippen molar-refractivity contribution in [1.29, 1.82) is 0 Å². The van der Waals surface area contributed by atoms with E-state index in [-0.39, 0.29) is 5.56 Å². The monoisotopic (exact) mass is 350 g/mol. The van der Waals surface area contributed by atoms with Crippen LogP contribution in [0.5, 0.6) is 5.75 Å². The van der Waals surface area contributed by atoms with E-state index in [0.717, 1.165) is 5.56 Å². The third kappa shape index (κ3) is 4.74. The molecule has 2 aromatic rings. The molecule has 0 aromatic heterocycles. The largest absolute Gasteiger partial charge is 0.489 e. The minimum atomic E-state index is -4.30. The van der Waals surface area contributed by atoms with Gasteiger partial charge in [-0.05, 0) is 23.3 Å². The molecule has 0 aliphatic carbocycles. The topological polar surface area (TPSA) is 24.5 Å². The summed E-state index contributed by atoms with van der Waals surface area (Å²) in [6, 6.07) is 14.3. The predicted octanol–water partition coefficient (Wildman–Crippen LogP) is 3.77. The summed E-state index contributed by atoms with van der Waals surface area (Å²) in [5.41, 5.74) is 1.27. The second kappa shape index (κ2) is 7.89. The Morgan fingerprint density at radius 3 is 2.20 bits per heavy atom. The lowest BCUT2D eigenvalue weighted by Crippen LogP contribution is -2.49. The van der Waals surface area contributed by atoms with E-state index in [1.165, 1.54) is 17.0 Å². The molecule has 0 unspecified atom stereocenters. The van der Waals surface area contributed by atoms with Gasteiger partial charge in [-0.25, -0.2) is 0 Å². The molecule has 0 saturated carbocycles. The smallest absolute Gasteiger partial charge is 0.408 e. The fourth-order valence-electron chi connectivity index (χ4n) is 3.03. The van der Waals surface area contributed by atoms with Crippen molar-refractivity contribution in [3.8, 4) is 5.75 Å². The van der Waals surface area contributed by atoms with Crippen LogP contribution in [0.1, 0.15) is 17.2 Å². The van der Waals surface area contributed by atoms with E-state index >= 15 is 0 Å². The van der Waals surface area contributed by atoms with Crippen LogP contribution in [0.4, 0.5) is 13.2 Å². The van der Waals surface area contributed by atoms with Crippen molar-refractivity contribution < 1.29 is 17.9 Å². The predicted molar refractivity (Wildman–Crippen MR) is 90.5 cm³/mol. The summed E-state index contributed by atoms with van der Waals surface area (Å²) in [5, 5.41) is 3.08. The van der Waals surface area contributed by atoms with Crippen molar-refractivity contribution >= 4 is 0 Å². The molecule has 0 bridgehead atoms. The maximum absolute atomic E-state index is 13.6. The fourth-order valence-corrected chi connectivity index (χ4v) is 3.03. The zero-order chi connectivity index (χ0) is 17.7. The molecular formula is C19H21F3N2O. The van der Waals surface area contributed by atoms with Crippen molar-refractivity contribution in [2.24, 2.45) is 0 Å². The van der Waals surface area contributed by atoms with Gasteiger partial charge in [-0.3, -0.25) is 4.90 Å². The Morgan fingerprint density at radius 2 is 1.60 bits per heavy atom. The molecule has 1 N–H and O–H groups in total. The second-order valence-electron chi connectivity index (χ2n) is 6.07. The molecule has 25 heavy (non-hydrogen) atoms. The summed E-state index contributed by atoms with van der Waals surface area (Å²) in [6.07, 6.45) is -4.30. The van der Waals surface area contributed by atoms with Crippen LogP contribution in [0, 0.1) is 0 Å². The highest BCUT2D eigenvalue weighted by Crippen LogP contribution is 2.38. The SMILES string of the molecule is FC(F)(F)[C@H](c1ccc(OCc2ccccc2)cc1)N1CCNCC1. The van der Waals surface area contributed by atoms with Crippen molar-refractivity contribution in [2.75, 3.05) is 26.2 Å². The lowest BCUT2D eigenvalue weighted by molar-refractivity contribution is -0.187. The molecule has 0 radical (unpaired) electrons. The van der Waals surface area contributed by atoms with Crippen LogP contribution in [0.15, 0.2) is 54.6 Å². The lowest BCUT2D eigenvalue weighted by atomic mass is 10.0. The number of ether oxygens (including phenoxy) is 1. The van der Waals surface area contributed by atoms with Crippen LogP contribution in [0.25, 0.3) is 0 Å². The third-order valence-electron chi connectivity index (χ3n) is 4.27. The van der Waals surface area contributed by atoms with E-state index in [9.17, 15) is 13.2 Å². The summed E-state index contributed by atoms with van der Waals surface area (Å²) in [6.45, 7) is 2.31. The average Bonchev–Trinajstić information content (AvgIpc) is 2.62. The number of nitrogens with one attached hydrogen (secondary N) is 1. The molecule has 1 atom stereocenters. The van der Waals surface area contributed by atoms with Gasteiger partial charge in [-0.2, -0.15) is 13.2 Å². The molecule has 6 heteroatoms. The number of alkyl halides is 3. The number of hydrogen-bond acceptors (Lipinski definition) is 3. The molecular weight excluding hydrogens is 329 g/mol. The summed E-state index contributed by atoms with van der Waals surface area (Å²) < 4.78 is 46.4. The van der Waals surface area contributed by atoms with Gasteiger partial charge in [-0.15, -0.1) is 0 Å². The molecule has 3 rings (SSSR count). The van der Waals surface area contributed by atoms with Crippen LogP contribution < -0.4 is 10.1 Å². The molecule has 134 valence electrons. The van der Waals surface area contributed by atoms with E-state index in [4.69, 9.17) is 4.74 Å². The third-order valence-corrected chi connectivity index (χ3v) is 4.27. The van der Waals surface area contributed by atoms with E-state index < -0.39 is 12.2 Å². The standard InChI is InChI=1S/C19H21F3N2O/c20-19(21,22)18(24-12-10-23-11-13-24)16-6-8-17(9-7-16)25-14-15-4-2-1-3-5-15/h1-9,18,23H,10-14H2/t18-/m0/s1. The van der Waals surface area contributed by atoms with Crippen molar-refractivity contribution in [1.82, 2.24) is 10.2 Å². The number of benzene rings is 2. The van der Waals surface area contributed by atoms with Crippen LogP contribution >= 0.6 is 0 Å². The van der Waals surface area contributed by atoms with Crippen LogP contribution in [-0.2, 0) is 6.61 Å². The minimum absolute atomic E-state index is 0.251. The van der Waals surface area contributed by atoms with Crippen LogP contribution in [-0.4, -0.2) is 37.3 Å². The van der Waals surface area contributed by atoms with E-state index in [0.29, 0.717) is 38.5 Å². The highest BCUT2D eigenvalue weighted by atomic mass is 19.4. The van der Waals surface area contributed by atoms with Gasteiger partial charge in [0.05, 0.1) is 0 Å². The summed E-state index contributed by atoms with van der Waals surface area (Å²) in [4.78, 5) is 1.48. The molecule has 0 amide bonds. The van der Waals surface area contributed by atoms with Crippen molar-refractivity contribution in [3.63, 3.8) is 0 Å². The second-order valence-corrected chi connectivity index (χ2v) is 6.07. The van der Waals surface area contributed by atoms with Crippen molar-refractivity contribution in [2.45, 2.75) is 18.8 Å². The molecule has 3 nitrogen and oxygen atoms in total. The lowest BCUT2D eigenvalue weighted by Gasteiger charge is -2.36. The summed E-state index contributed by atoms with van der Waals surface area (Å²) in [5.74, 6) is 0.564. The Balaban J connectivity index is 1.70. The highest BCUT2D eigenvalue weighted by Gasteiger charge is 2.44. The van der Waals surface area contributed by atoms with Gasteiger partial charge in [0, 0.05) is 26.2 Å². The maximum atomic E-state index is 13.6. The molecule has 1 saturated heterocycles. The van der Waals surface area contributed by atoms with E-state index in [1.54, 1.807) is 12.1 Å². The summed E-state index contributed by atoms with van der Waals surface area (Å²) >= 11 is 0. The Kier molecular flexibility index (Phi) is 5.60. The molecule has 0 spiro atoms. The number of rotatable bonds is 5. The Hall–Kier alpha value is -2.05. The zero-order valence-corrected chi connectivity index (χ0v) is 13.8. The van der Waals surface area contributed by atoms with Gasteiger partial charge in [0.25, 0.3) is 0 Å². The molecule has 1 aliphatic rings. The van der Waals surface area contributed by atoms with Crippen LogP contribution in [0.3, 0.4) is 0 Å². The first-order chi connectivity index (χ1) is 12.0. The molecule has 1 aliphatic heterocycles. The molecule has 1 fully saturated rings. The quantitative estimate of drug-likeness (QED) is 0.888. The van der Waals surface area contributed by atoms with Gasteiger partial charge >= 0.3 is 6.18 Å². The van der Waals surface area contributed by atoms with Crippen LogP contribution in [0.2, 0.25) is 0 Å². The van der Waals surface area contributed by atoms with Gasteiger partial charge < -0.3 is 10.1 Å². The fraction of sp³-hybridized carbons (Fsp3) is 0.368. The minimum Gasteiger partial charge on any atom is -0.489 e. The number of nitrogens with zero attached hydrogens (tertiary/aromatic N) is 1. The number of halogens is 3. The first kappa shape index (κ1) is 17.8. The molecule has 1 heterocycles. The Morgan fingerprint density at radius 1 is 0.960 bits per heavy atom. The average molecular weight is 350 g/mol. The Labute approximate surface area is 145 Å². The Bertz CT molecular complexity index is 653. The zero-order valence-electron chi connectivity index (χ0n) is 13.8. The van der Waals surface area contributed by atoms with Gasteiger partial charge in [0.1, 0.15) is 18.4 Å². The van der Waals surface area contributed by atoms with Gasteiger partial charge in [0.15, 0.2) is 0 Å². The van der Waals surface area contributed by atoms with E-state index in [2.05, 4.69) is 5.32 Å². The maximum Gasteiger partial charge on any atom is 0.408 e. The van der Waals surface area contributed by atoms with Gasteiger partial charge in [0.2, 0.25) is 0 Å². The van der Waals surface area contributed by atoms with E-state index in [1.807, 2.05) is 30.3 Å². The first-order valence-electron chi connectivity index (χ1n) is 8.32. The van der Waals surface area contributed by atoms with Gasteiger partial charge in [-0.1, -0.05) is 42.5 Å². The highest BCUT2D eigenvalue weighted by molar-refractivity contribution is 5.30. The first-order valence-corrected chi connectivity index (χ1v) is 8.32. The summed E-state index contributed by atoms with van der Waals surface area (Å²) in [7, 11) is 0. The molecule has 2 aromatic carbocycles. The number of hydrogen-bond donors (Lipinski definition) is 1. The normalized spacial score (nSPS) is 17.2.